The van der Waals surface area contributed by atoms with Crippen molar-refractivity contribution < 1.29 is 14.3 Å². The van der Waals surface area contributed by atoms with Gasteiger partial charge in [-0.3, -0.25) is 19.0 Å². The topological polar surface area (TPSA) is 94.0 Å². The van der Waals surface area contributed by atoms with Crippen molar-refractivity contribution in [3.05, 3.63) is 101 Å². The van der Waals surface area contributed by atoms with E-state index in [0.29, 0.717) is 28.0 Å². The van der Waals surface area contributed by atoms with Gasteiger partial charge in [-0.15, -0.1) is 0 Å². The molecule has 0 bridgehead atoms. The van der Waals surface area contributed by atoms with Crippen molar-refractivity contribution in [2.45, 2.75) is 31.7 Å². The highest BCUT2D eigenvalue weighted by molar-refractivity contribution is 6.14. The molecule has 0 amide bonds. The van der Waals surface area contributed by atoms with Crippen LogP contribution in [-0.4, -0.2) is 32.9 Å². The van der Waals surface area contributed by atoms with Gasteiger partial charge in [-0.05, 0) is 36.6 Å². The first-order chi connectivity index (χ1) is 18.1. The number of nitrogens with zero attached hydrogens (tertiary/aromatic N) is 2. The fraction of sp³-hybridized carbons (Fsp3) is 0.200. The monoisotopic (exact) mass is 491 g/mol. The molecule has 1 fully saturated rings. The Morgan fingerprint density at radius 2 is 1.62 bits per heavy atom. The van der Waals surface area contributed by atoms with Gasteiger partial charge in [0.25, 0.3) is 5.56 Å². The van der Waals surface area contributed by atoms with Crippen LogP contribution in [0.4, 0.5) is 0 Å². The van der Waals surface area contributed by atoms with Crippen LogP contribution in [0.1, 0.15) is 41.5 Å². The Labute approximate surface area is 212 Å². The highest BCUT2D eigenvalue weighted by Crippen LogP contribution is 2.35. The molecule has 0 aliphatic heterocycles. The van der Waals surface area contributed by atoms with Gasteiger partial charge in [-0.25, -0.2) is 4.98 Å². The number of carbonyl (C=O) groups excluding carboxylic acids is 2. The second-order valence-electron chi connectivity index (χ2n) is 9.32. The summed E-state index contributed by atoms with van der Waals surface area (Å²) in [7, 11) is 0. The highest BCUT2D eigenvalue weighted by Gasteiger charge is 2.28. The number of Topliss-reactive ketones (excluding diaryl/α,β-unsaturated/α-hetero) is 1. The van der Waals surface area contributed by atoms with E-state index in [0.717, 1.165) is 29.3 Å². The third kappa shape index (κ3) is 4.44. The molecule has 7 nitrogen and oxygen atoms in total. The van der Waals surface area contributed by atoms with E-state index in [4.69, 9.17) is 4.74 Å². The first-order valence-corrected chi connectivity index (χ1v) is 12.5. The lowest BCUT2D eigenvalue weighted by Gasteiger charge is -2.12. The number of para-hydroxylation sites is 2. The summed E-state index contributed by atoms with van der Waals surface area (Å²) in [6.45, 7) is -0.360. The van der Waals surface area contributed by atoms with Crippen molar-refractivity contribution in [3.63, 3.8) is 0 Å². The standard InChI is InChI=1S/C30H25N3O4/c34-25(28-21-10-4-6-12-23(21)32-29(28)19-8-2-1-3-9-19)18-37-27(35)17-16-26-31-24-13-7-5-11-22(24)30(36)33(26)20-14-15-20/h1-13,20,32H,14-18H2. The average molecular weight is 492 g/mol. The zero-order valence-corrected chi connectivity index (χ0v) is 20.1. The Morgan fingerprint density at radius 3 is 2.41 bits per heavy atom. The number of ketones is 1. The van der Waals surface area contributed by atoms with E-state index in [1.54, 1.807) is 16.7 Å². The SMILES string of the molecule is O=C(CCc1nc2ccccc2c(=O)n1C1CC1)OCC(=O)c1c(-c2ccccc2)[nH]c2ccccc12. The van der Waals surface area contributed by atoms with Crippen molar-refractivity contribution in [3.8, 4) is 11.3 Å². The minimum Gasteiger partial charge on any atom is -0.457 e. The summed E-state index contributed by atoms with van der Waals surface area (Å²) in [5.74, 6) is -0.194. The summed E-state index contributed by atoms with van der Waals surface area (Å²) in [4.78, 5) is 47.0. The van der Waals surface area contributed by atoms with Crippen LogP contribution in [0, 0.1) is 0 Å². The van der Waals surface area contributed by atoms with Crippen LogP contribution in [0.2, 0.25) is 0 Å². The summed E-state index contributed by atoms with van der Waals surface area (Å²) in [5.41, 5.74) is 3.49. The van der Waals surface area contributed by atoms with E-state index in [2.05, 4.69) is 9.97 Å². The third-order valence-corrected chi connectivity index (χ3v) is 6.76. The molecule has 37 heavy (non-hydrogen) atoms. The number of fused-ring (bicyclic) bond motifs is 2. The van der Waals surface area contributed by atoms with Crippen LogP contribution in [0.15, 0.2) is 83.7 Å². The summed E-state index contributed by atoms with van der Waals surface area (Å²) in [6, 6.07) is 24.6. The molecule has 2 aromatic heterocycles. The molecule has 0 spiro atoms. The zero-order valence-electron chi connectivity index (χ0n) is 20.1. The van der Waals surface area contributed by atoms with Crippen LogP contribution in [0.25, 0.3) is 33.1 Å². The number of ether oxygens (including phenoxy) is 1. The van der Waals surface area contributed by atoms with Crippen molar-refractivity contribution in [2.75, 3.05) is 6.61 Å². The number of H-pyrrole nitrogens is 1. The first kappa shape index (κ1) is 22.9. The van der Waals surface area contributed by atoms with Crippen LogP contribution >= 0.6 is 0 Å². The molecule has 0 radical (unpaired) electrons. The van der Waals surface area contributed by atoms with Crippen LogP contribution in [0.3, 0.4) is 0 Å². The van der Waals surface area contributed by atoms with Crippen LogP contribution in [0.5, 0.6) is 0 Å². The molecule has 1 aliphatic rings. The van der Waals surface area contributed by atoms with Gasteiger partial charge in [0.2, 0.25) is 5.78 Å². The molecule has 1 N–H and O–H groups in total. The molecular formula is C30H25N3O4. The lowest BCUT2D eigenvalue weighted by molar-refractivity contribution is -0.142. The molecule has 184 valence electrons. The second kappa shape index (κ2) is 9.50. The van der Waals surface area contributed by atoms with E-state index in [1.165, 1.54) is 0 Å². The van der Waals surface area contributed by atoms with E-state index in [-0.39, 0.29) is 36.8 Å². The van der Waals surface area contributed by atoms with Crippen molar-refractivity contribution >= 4 is 33.6 Å². The van der Waals surface area contributed by atoms with Gasteiger partial charge in [0, 0.05) is 23.4 Å². The zero-order chi connectivity index (χ0) is 25.4. The smallest absolute Gasteiger partial charge is 0.306 e. The Balaban J connectivity index is 1.19. The van der Waals surface area contributed by atoms with Gasteiger partial charge in [-0.2, -0.15) is 0 Å². The maximum absolute atomic E-state index is 13.3. The Bertz CT molecular complexity index is 1700. The van der Waals surface area contributed by atoms with Gasteiger partial charge < -0.3 is 9.72 Å². The molecule has 0 unspecified atom stereocenters. The Morgan fingerprint density at radius 1 is 0.919 bits per heavy atom. The number of aromatic amines is 1. The summed E-state index contributed by atoms with van der Waals surface area (Å²) >= 11 is 0. The number of nitrogens with one attached hydrogen (secondary N) is 1. The Hall–Kier alpha value is -4.52. The molecule has 2 heterocycles. The number of esters is 1. The van der Waals surface area contributed by atoms with Gasteiger partial charge >= 0.3 is 5.97 Å². The van der Waals surface area contributed by atoms with Gasteiger partial charge in [0.1, 0.15) is 5.82 Å². The predicted molar refractivity (Wildman–Crippen MR) is 142 cm³/mol. The lowest BCUT2D eigenvalue weighted by Crippen LogP contribution is -2.25. The molecule has 0 saturated heterocycles. The normalized spacial score (nSPS) is 13.2. The maximum atomic E-state index is 13.3. The average Bonchev–Trinajstić information content (AvgIpc) is 3.69. The summed E-state index contributed by atoms with van der Waals surface area (Å²) in [6.07, 6.45) is 2.16. The van der Waals surface area contributed by atoms with Crippen molar-refractivity contribution in [1.29, 1.82) is 0 Å². The van der Waals surface area contributed by atoms with Gasteiger partial charge in [-0.1, -0.05) is 60.7 Å². The van der Waals surface area contributed by atoms with E-state index >= 15 is 0 Å². The minimum absolute atomic E-state index is 0.0320. The molecular weight excluding hydrogens is 466 g/mol. The maximum Gasteiger partial charge on any atom is 0.306 e. The predicted octanol–water partition coefficient (Wildman–Crippen LogP) is 5.24. The fourth-order valence-electron chi connectivity index (χ4n) is 4.83. The molecule has 0 atom stereocenters. The number of benzene rings is 3. The summed E-state index contributed by atoms with van der Waals surface area (Å²) in [5, 5.41) is 1.37. The lowest BCUT2D eigenvalue weighted by atomic mass is 10.0. The number of rotatable bonds is 8. The molecule has 1 saturated carbocycles. The van der Waals surface area contributed by atoms with E-state index in [1.807, 2.05) is 66.7 Å². The van der Waals surface area contributed by atoms with Crippen molar-refractivity contribution in [1.82, 2.24) is 14.5 Å². The number of aryl methyl sites for hydroxylation is 1. The van der Waals surface area contributed by atoms with E-state index in [9.17, 15) is 14.4 Å². The molecule has 3 aromatic carbocycles. The first-order valence-electron chi connectivity index (χ1n) is 12.5. The number of carbonyl (C=O) groups is 2. The van der Waals surface area contributed by atoms with Gasteiger partial charge in [0.05, 0.1) is 28.6 Å². The molecule has 6 rings (SSSR count). The number of aromatic nitrogens is 3. The second-order valence-corrected chi connectivity index (χ2v) is 9.32. The van der Waals surface area contributed by atoms with Crippen molar-refractivity contribution in [2.24, 2.45) is 0 Å². The molecule has 5 aromatic rings. The van der Waals surface area contributed by atoms with Crippen LogP contribution in [-0.2, 0) is 16.0 Å². The largest absolute Gasteiger partial charge is 0.457 e. The van der Waals surface area contributed by atoms with E-state index < -0.39 is 5.97 Å². The van der Waals surface area contributed by atoms with Gasteiger partial charge in [0.15, 0.2) is 6.61 Å². The third-order valence-electron chi connectivity index (χ3n) is 6.76. The number of hydrogen-bond acceptors (Lipinski definition) is 5. The van der Waals surface area contributed by atoms with Crippen LogP contribution < -0.4 is 5.56 Å². The molecule has 7 heteroatoms. The Kier molecular flexibility index (Phi) is 5.88. The molecule has 1 aliphatic carbocycles. The fourth-order valence-corrected chi connectivity index (χ4v) is 4.83. The minimum atomic E-state index is -0.501. The number of hydrogen-bond donors (Lipinski definition) is 1. The highest BCUT2D eigenvalue weighted by atomic mass is 16.5. The summed E-state index contributed by atoms with van der Waals surface area (Å²) < 4.78 is 7.13. The quantitative estimate of drug-likeness (QED) is 0.237.